The van der Waals surface area contributed by atoms with E-state index in [9.17, 15) is 4.79 Å². The molecule has 7 rings (SSSR count). The smallest absolute Gasteiger partial charge is 0.458 e. The van der Waals surface area contributed by atoms with E-state index in [0.717, 1.165) is 17.4 Å². The third-order valence-electron chi connectivity index (χ3n) is 9.82. The third kappa shape index (κ3) is 2.26. The molecule has 176 valence electrons. The lowest BCUT2D eigenvalue weighted by Gasteiger charge is -2.94. The van der Waals surface area contributed by atoms with Gasteiger partial charge in [-0.15, -0.1) is 0 Å². The van der Waals surface area contributed by atoms with Gasteiger partial charge in [0.1, 0.15) is 17.1 Å². The molecular weight excluding hydrogens is 423 g/mol. The van der Waals surface area contributed by atoms with Gasteiger partial charge < -0.3 is 28.3 Å². The Morgan fingerprint density at radius 3 is 2.73 bits per heavy atom. The largest absolute Gasteiger partial charge is 0.496 e. The first-order chi connectivity index (χ1) is 15.7. The van der Waals surface area contributed by atoms with E-state index in [1.54, 1.807) is 34.1 Å². The van der Waals surface area contributed by atoms with Crippen molar-refractivity contribution in [2.45, 2.75) is 63.3 Å². The number of cyclic esters (lactones) is 1. The van der Waals surface area contributed by atoms with Crippen molar-refractivity contribution in [1.82, 2.24) is 0 Å². The Balaban J connectivity index is 1.20. The van der Waals surface area contributed by atoms with Crippen LogP contribution >= 0.6 is 0 Å². The molecule has 0 bridgehead atoms. The summed E-state index contributed by atoms with van der Waals surface area (Å²) >= 11 is 0. The van der Waals surface area contributed by atoms with E-state index in [1.165, 1.54) is 12.8 Å². The predicted octanol–water partition coefficient (Wildman–Crippen LogP) is 3.66. The van der Waals surface area contributed by atoms with Crippen molar-refractivity contribution in [1.29, 1.82) is 0 Å². The average Bonchev–Trinajstić information content (AvgIpc) is 2.71. The Labute approximate surface area is 194 Å². The van der Waals surface area contributed by atoms with Crippen LogP contribution in [-0.2, 0) is 18.8 Å². The highest BCUT2D eigenvalue weighted by molar-refractivity contribution is 6.45. The SMILES string of the molecule is COCC(CB1OC2C3CC4CC5C43C2[C@@]5(C)O1)c1ccc(OC)c2c1OC(C)(C)OC2=O. The zero-order chi connectivity index (χ0) is 22.9. The molecule has 0 N–H and O–H groups in total. The molecule has 2 heterocycles. The van der Waals surface area contributed by atoms with Crippen LogP contribution in [0.2, 0.25) is 6.32 Å². The summed E-state index contributed by atoms with van der Waals surface area (Å²) in [5.41, 5.74) is 1.73. The van der Waals surface area contributed by atoms with E-state index >= 15 is 0 Å². The van der Waals surface area contributed by atoms with Gasteiger partial charge in [0, 0.05) is 38.4 Å². The molecule has 7 nitrogen and oxygen atoms in total. The minimum atomic E-state index is -1.06. The van der Waals surface area contributed by atoms with Gasteiger partial charge in [0.25, 0.3) is 0 Å². The van der Waals surface area contributed by atoms with Gasteiger partial charge in [-0.05, 0) is 55.3 Å². The summed E-state index contributed by atoms with van der Waals surface area (Å²) in [6.07, 6.45) is 3.63. The molecule has 4 aliphatic carbocycles. The Bertz CT molecular complexity index is 1060. The minimum Gasteiger partial charge on any atom is -0.496 e. The lowest BCUT2D eigenvalue weighted by atomic mass is 9.13. The van der Waals surface area contributed by atoms with Gasteiger partial charge in [0.15, 0.2) is 0 Å². The standard InChI is InChI=1S/C25H31BO7/c1-23(2)30-19-14(6-7-16(29-5)18(19)22(27)31-23)12(11-28-4)10-26-32-20-15-8-13-9-17-24(3,33-26)21(20)25(13,15)17/h6-7,12-13,15,17,20-21H,8-11H2,1-5H3/t12?,13?,15?,17?,20?,21?,24-,25?/m0/s1. The van der Waals surface area contributed by atoms with Gasteiger partial charge in [0.2, 0.25) is 5.79 Å². The monoisotopic (exact) mass is 454 g/mol. The number of esters is 1. The number of ether oxygens (including phenoxy) is 4. The number of methoxy groups -OCH3 is 2. The van der Waals surface area contributed by atoms with Crippen molar-refractivity contribution in [2.24, 2.45) is 29.1 Å². The van der Waals surface area contributed by atoms with Crippen LogP contribution in [0.25, 0.3) is 0 Å². The van der Waals surface area contributed by atoms with Gasteiger partial charge in [-0.3, -0.25) is 0 Å². The van der Waals surface area contributed by atoms with Gasteiger partial charge in [-0.1, -0.05) is 6.07 Å². The van der Waals surface area contributed by atoms with Crippen LogP contribution in [0.3, 0.4) is 0 Å². The number of fused-ring (bicyclic) bond motifs is 3. The highest BCUT2D eigenvalue weighted by Gasteiger charge is 2.93. The van der Waals surface area contributed by atoms with Crippen LogP contribution in [0.1, 0.15) is 55.5 Å². The molecule has 8 atom stereocenters. The van der Waals surface area contributed by atoms with E-state index in [1.807, 2.05) is 6.07 Å². The van der Waals surface area contributed by atoms with Gasteiger partial charge >= 0.3 is 13.1 Å². The van der Waals surface area contributed by atoms with E-state index in [4.69, 9.17) is 28.3 Å². The van der Waals surface area contributed by atoms with Gasteiger partial charge in [-0.25, -0.2) is 4.79 Å². The molecule has 2 aliphatic heterocycles. The predicted molar refractivity (Wildman–Crippen MR) is 118 cm³/mol. The molecule has 33 heavy (non-hydrogen) atoms. The third-order valence-corrected chi connectivity index (χ3v) is 9.82. The molecule has 1 spiro atoms. The summed E-state index contributed by atoms with van der Waals surface area (Å²) in [5.74, 6) is 2.32. The fourth-order valence-electron chi connectivity index (χ4n) is 8.77. The molecule has 5 fully saturated rings. The Morgan fingerprint density at radius 1 is 1.18 bits per heavy atom. The molecule has 4 saturated carbocycles. The van der Waals surface area contributed by atoms with Crippen molar-refractivity contribution < 1.29 is 33.1 Å². The first-order valence-electron chi connectivity index (χ1n) is 12.2. The van der Waals surface area contributed by atoms with Crippen LogP contribution in [0.15, 0.2) is 12.1 Å². The maximum atomic E-state index is 12.8. The van der Waals surface area contributed by atoms with Crippen LogP contribution in [0.4, 0.5) is 0 Å². The van der Waals surface area contributed by atoms with E-state index in [2.05, 4.69) is 6.92 Å². The average molecular weight is 454 g/mol. The van der Waals surface area contributed by atoms with Crippen LogP contribution in [0.5, 0.6) is 11.5 Å². The summed E-state index contributed by atoms with van der Waals surface area (Å²) in [6.45, 7) is 6.25. The molecule has 0 aromatic heterocycles. The number of rotatable bonds is 6. The summed E-state index contributed by atoms with van der Waals surface area (Å²) in [4.78, 5) is 12.8. The number of hydrogen-bond acceptors (Lipinski definition) is 7. The molecule has 8 heteroatoms. The van der Waals surface area contributed by atoms with Crippen LogP contribution in [0, 0.1) is 29.1 Å². The van der Waals surface area contributed by atoms with Crippen molar-refractivity contribution in [2.75, 3.05) is 20.8 Å². The Hall–Kier alpha value is -1.77. The second-order valence-electron chi connectivity index (χ2n) is 11.5. The summed E-state index contributed by atoms with van der Waals surface area (Å²) < 4.78 is 36.0. The van der Waals surface area contributed by atoms with Crippen molar-refractivity contribution >= 4 is 13.1 Å². The first kappa shape index (κ1) is 20.6. The zero-order valence-corrected chi connectivity index (χ0v) is 19.9. The van der Waals surface area contributed by atoms with Crippen molar-refractivity contribution in [3.05, 3.63) is 23.3 Å². The number of carbonyl (C=O) groups is 1. The molecule has 0 amide bonds. The second-order valence-corrected chi connectivity index (χ2v) is 11.5. The first-order valence-corrected chi connectivity index (χ1v) is 12.2. The number of benzene rings is 1. The summed E-state index contributed by atoms with van der Waals surface area (Å²) in [5, 5.41) is 0. The van der Waals surface area contributed by atoms with Gasteiger partial charge in [0.05, 0.1) is 25.4 Å². The highest BCUT2D eigenvalue weighted by atomic mass is 16.7. The Kier molecular flexibility index (Phi) is 3.91. The quantitative estimate of drug-likeness (QED) is 0.480. The molecule has 1 aromatic carbocycles. The maximum absolute atomic E-state index is 12.8. The van der Waals surface area contributed by atoms with Crippen LogP contribution in [-0.4, -0.2) is 51.4 Å². The summed E-state index contributed by atoms with van der Waals surface area (Å²) in [6, 6.07) is 3.76. The zero-order valence-electron chi connectivity index (χ0n) is 19.9. The van der Waals surface area contributed by atoms with E-state index in [-0.39, 0.29) is 18.6 Å². The van der Waals surface area contributed by atoms with E-state index < -0.39 is 11.8 Å². The maximum Gasteiger partial charge on any atom is 0.458 e. The van der Waals surface area contributed by atoms with Gasteiger partial charge in [-0.2, -0.15) is 0 Å². The Morgan fingerprint density at radius 2 is 2.00 bits per heavy atom. The second kappa shape index (κ2) is 6.26. The van der Waals surface area contributed by atoms with Crippen LogP contribution < -0.4 is 9.47 Å². The van der Waals surface area contributed by atoms with Crippen molar-refractivity contribution in [3.63, 3.8) is 0 Å². The number of carbonyl (C=O) groups excluding carboxylic acids is 1. The highest BCUT2D eigenvalue weighted by Crippen LogP contribution is 2.92. The fourth-order valence-corrected chi connectivity index (χ4v) is 8.77. The lowest BCUT2D eigenvalue weighted by molar-refractivity contribution is -0.497. The molecule has 7 unspecified atom stereocenters. The normalized spacial score (nSPS) is 43.1. The van der Waals surface area contributed by atoms with Crippen molar-refractivity contribution in [3.8, 4) is 11.5 Å². The fraction of sp³-hybridized carbons (Fsp3) is 0.720. The molecule has 1 saturated heterocycles. The molecule has 1 aromatic rings. The minimum absolute atomic E-state index is 0.0553. The van der Waals surface area contributed by atoms with E-state index in [0.29, 0.717) is 53.3 Å². The molecular formula is C25H31BO7. The molecule has 6 aliphatic rings. The lowest BCUT2D eigenvalue weighted by Crippen LogP contribution is -2.97. The topological polar surface area (TPSA) is 72.5 Å². The number of hydrogen-bond donors (Lipinski definition) is 0. The summed E-state index contributed by atoms with van der Waals surface area (Å²) in [7, 11) is 2.94. The molecule has 0 radical (unpaired) electrons.